The van der Waals surface area contributed by atoms with Crippen molar-refractivity contribution in [2.75, 3.05) is 14.2 Å². The highest BCUT2D eigenvalue weighted by atomic mass is 16.6. The molecule has 0 spiro atoms. The molecule has 1 N–H and O–H groups in total. The zero-order valence-corrected chi connectivity index (χ0v) is 15.3. The Kier molecular flexibility index (Phi) is 4.75. The molecule has 0 saturated carbocycles. The third-order valence-corrected chi connectivity index (χ3v) is 4.96. The van der Waals surface area contributed by atoms with E-state index in [1.807, 2.05) is 0 Å². The molecular formula is C17H17N3O8. The largest absolute Gasteiger partial charge is 0.469 e. The minimum absolute atomic E-state index is 0.0187. The van der Waals surface area contributed by atoms with Gasteiger partial charge in [-0.15, -0.1) is 0 Å². The van der Waals surface area contributed by atoms with Crippen molar-refractivity contribution in [3.8, 4) is 0 Å². The maximum absolute atomic E-state index is 13.0. The monoisotopic (exact) mass is 391 g/mol. The molecule has 0 radical (unpaired) electrons. The number of H-pyrrole nitrogens is 1. The summed E-state index contributed by atoms with van der Waals surface area (Å²) in [5, 5.41) is 11.6. The fourth-order valence-corrected chi connectivity index (χ4v) is 3.76. The van der Waals surface area contributed by atoms with Crippen LogP contribution in [0.25, 0.3) is 10.9 Å². The van der Waals surface area contributed by atoms with Crippen LogP contribution in [0.5, 0.6) is 0 Å². The first-order valence-corrected chi connectivity index (χ1v) is 8.41. The lowest BCUT2D eigenvalue weighted by molar-refractivity contribution is -0.387. The lowest BCUT2D eigenvalue weighted by Gasteiger charge is -2.17. The van der Waals surface area contributed by atoms with Gasteiger partial charge in [-0.1, -0.05) is 6.92 Å². The summed E-state index contributed by atoms with van der Waals surface area (Å²) < 4.78 is 10.3. The van der Waals surface area contributed by atoms with Gasteiger partial charge in [-0.2, -0.15) is 0 Å². The van der Waals surface area contributed by atoms with Crippen LogP contribution in [0.4, 0.5) is 5.69 Å². The maximum Gasteiger partial charge on any atom is 0.338 e. The van der Waals surface area contributed by atoms with Crippen molar-refractivity contribution in [1.82, 2.24) is 9.55 Å². The van der Waals surface area contributed by atoms with Crippen LogP contribution >= 0.6 is 0 Å². The van der Waals surface area contributed by atoms with Crippen molar-refractivity contribution in [3.05, 3.63) is 48.1 Å². The summed E-state index contributed by atoms with van der Waals surface area (Å²) in [5.41, 5.74) is -2.48. The number of nitro groups is 1. The minimum Gasteiger partial charge on any atom is -0.469 e. The molecule has 1 aliphatic rings. The van der Waals surface area contributed by atoms with Crippen molar-refractivity contribution < 1.29 is 24.0 Å². The zero-order valence-electron chi connectivity index (χ0n) is 15.3. The SMILES string of the molecule is CCC(C(=O)OC)c1c([N+](=O)[O-])c(=O)n2c3c(c[nH]c(=O)c13)CC2C(=O)OC. The van der Waals surface area contributed by atoms with E-state index in [4.69, 9.17) is 9.47 Å². The van der Waals surface area contributed by atoms with Gasteiger partial charge in [0, 0.05) is 12.6 Å². The highest BCUT2D eigenvalue weighted by molar-refractivity contribution is 5.95. The van der Waals surface area contributed by atoms with Crippen molar-refractivity contribution in [2.24, 2.45) is 0 Å². The van der Waals surface area contributed by atoms with Crippen molar-refractivity contribution in [1.29, 1.82) is 0 Å². The van der Waals surface area contributed by atoms with E-state index in [1.165, 1.54) is 6.20 Å². The van der Waals surface area contributed by atoms with Gasteiger partial charge >= 0.3 is 23.2 Å². The van der Waals surface area contributed by atoms with Gasteiger partial charge < -0.3 is 14.5 Å². The van der Waals surface area contributed by atoms with Gasteiger partial charge in [0.2, 0.25) is 0 Å². The third-order valence-electron chi connectivity index (χ3n) is 4.96. The van der Waals surface area contributed by atoms with Crippen LogP contribution in [0, 0.1) is 10.1 Å². The molecule has 0 aliphatic carbocycles. The number of nitrogens with one attached hydrogen (secondary N) is 1. The van der Waals surface area contributed by atoms with E-state index >= 15 is 0 Å². The molecule has 148 valence electrons. The molecule has 3 rings (SSSR count). The molecular weight excluding hydrogens is 374 g/mol. The first kappa shape index (κ1) is 19.3. The number of rotatable bonds is 5. The number of aromatic amines is 1. The molecule has 0 bridgehead atoms. The summed E-state index contributed by atoms with van der Waals surface area (Å²) in [5.74, 6) is -2.77. The highest BCUT2D eigenvalue weighted by Gasteiger charge is 2.41. The lowest BCUT2D eigenvalue weighted by atomic mass is 9.92. The van der Waals surface area contributed by atoms with E-state index < -0.39 is 45.6 Å². The number of pyridine rings is 2. The number of methoxy groups -OCH3 is 2. The summed E-state index contributed by atoms with van der Waals surface area (Å²) in [6, 6.07) is -1.14. The Morgan fingerprint density at radius 2 is 2.04 bits per heavy atom. The Morgan fingerprint density at radius 3 is 2.57 bits per heavy atom. The Bertz CT molecular complexity index is 1130. The van der Waals surface area contributed by atoms with Crippen LogP contribution < -0.4 is 11.1 Å². The van der Waals surface area contributed by atoms with Crippen LogP contribution in [0.3, 0.4) is 0 Å². The molecule has 11 nitrogen and oxygen atoms in total. The summed E-state index contributed by atoms with van der Waals surface area (Å²) >= 11 is 0. The minimum atomic E-state index is -1.19. The Labute approximate surface area is 157 Å². The number of hydrogen-bond acceptors (Lipinski definition) is 8. The van der Waals surface area contributed by atoms with Gasteiger partial charge in [-0.3, -0.25) is 29.1 Å². The van der Waals surface area contributed by atoms with Gasteiger partial charge in [0.1, 0.15) is 6.04 Å². The van der Waals surface area contributed by atoms with E-state index in [-0.39, 0.29) is 29.3 Å². The quantitative estimate of drug-likeness (QED) is 0.440. The van der Waals surface area contributed by atoms with E-state index in [1.54, 1.807) is 6.92 Å². The zero-order chi connectivity index (χ0) is 20.7. The molecule has 11 heteroatoms. The summed E-state index contributed by atoms with van der Waals surface area (Å²) in [7, 11) is 2.24. The normalized spacial score (nSPS) is 16.0. The number of carbonyl (C=O) groups excluding carboxylic acids is 2. The molecule has 0 fully saturated rings. The molecule has 2 aromatic rings. The second-order valence-corrected chi connectivity index (χ2v) is 6.29. The number of esters is 2. The number of hydrogen-bond donors (Lipinski definition) is 1. The third kappa shape index (κ3) is 2.58. The fraction of sp³-hybridized carbons (Fsp3) is 0.412. The average Bonchev–Trinajstić information content (AvgIpc) is 3.06. The van der Waals surface area contributed by atoms with Gasteiger partial charge in [-0.05, 0) is 12.0 Å². The Hall–Kier alpha value is -3.50. The molecule has 0 amide bonds. The van der Waals surface area contributed by atoms with Crippen LogP contribution in [-0.4, -0.2) is 40.6 Å². The highest BCUT2D eigenvalue weighted by Crippen LogP contribution is 2.38. The van der Waals surface area contributed by atoms with E-state index in [2.05, 4.69) is 4.98 Å². The second-order valence-electron chi connectivity index (χ2n) is 6.29. The van der Waals surface area contributed by atoms with Crippen LogP contribution in [0.15, 0.2) is 15.8 Å². The summed E-state index contributed by atoms with van der Waals surface area (Å²) in [6.45, 7) is 1.58. The maximum atomic E-state index is 13.0. The first-order chi connectivity index (χ1) is 13.3. The van der Waals surface area contributed by atoms with Crippen LogP contribution in [0.1, 0.15) is 36.4 Å². The molecule has 1 aliphatic heterocycles. The van der Waals surface area contributed by atoms with Gasteiger partial charge in [0.15, 0.2) is 0 Å². The van der Waals surface area contributed by atoms with Crippen molar-refractivity contribution >= 4 is 28.5 Å². The smallest absolute Gasteiger partial charge is 0.338 e. The van der Waals surface area contributed by atoms with E-state index in [9.17, 15) is 29.3 Å². The van der Waals surface area contributed by atoms with Crippen molar-refractivity contribution in [3.63, 3.8) is 0 Å². The fourth-order valence-electron chi connectivity index (χ4n) is 3.76. The Balaban J connectivity index is 2.57. The summed E-state index contributed by atoms with van der Waals surface area (Å²) in [4.78, 5) is 63.4. The number of nitrogens with zero attached hydrogens (tertiary/aromatic N) is 2. The predicted octanol–water partition coefficient (Wildman–Crippen LogP) is 0.535. The molecule has 2 unspecified atom stereocenters. The van der Waals surface area contributed by atoms with Crippen LogP contribution in [-0.2, 0) is 25.5 Å². The van der Waals surface area contributed by atoms with Gasteiger partial charge in [0.25, 0.3) is 5.56 Å². The van der Waals surface area contributed by atoms with E-state index in [0.717, 1.165) is 18.8 Å². The van der Waals surface area contributed by atoms with Crippen molar-refractivity contribution in [2.45, 2.75) is 31.7 Å². The lowest BCUT2D eigenvalue weighted by Crippen LogP contribution is -2.33. The number of ether oxygens (including phenoxy) is 2. The predicted molar refractivity (Wildman–Crippen MR) is 95.3 cm³/mol. The van der Waals surface area contributed by atoms with Gasteiger partial charge in [-0.25, -0.2) is 4.79 Å². The molecule has 0 saturated heterocycles. The average molecular weight is 391 g/mol. The summed E-state index contributed by atoms with van der Waals surface area (Å²) in [6.07, 6.45) is 1.43. The Morgan fingerprint density at radius 1 is 1.36 bits per heavy atom. The van der Waals surface area contributed by atoms with E-state index in [0.29, 0.717) is 5.56 Å². The number of carbonyl (C=O) groups is 2. The van der Waals surface area contributed by atoms with Crippen LogP contribution in [0.2, 0.25) is 0 Å². The molecule has 0 aromatic carbocycles. The molecule has 2 atom stereocenters. The standard InChI is InChI=1S/C17H17N3O8/c1-4-8(16(23)27-2)10-11-12-7(6-18-14(11)21)5-9(17(24)28-3)19(12)15(22)13(10)20(25)26/h6,8-9H,4-5H2,1-3H3,(H,18,21). The second kappa shape index (κ2) is 6.91. The first-order valence-electron chi connectivity index (χ1n) is 8.41. The number of aromatic nitrogens is 2. The topological polar surface area (TPSA) is 151 Å². The molecule has 3 heterocycles. The molecule has 2 aromatic heterocycles. The molecule has 28 heavy (non-hydrogen) atoms. The van der Waals surface area contributed by atoms with Gasteiger partial charge in [0.05, 0.1) is 41.5 Å².